The van der Waals surface area contributed by atoms with Gasteiger partial charge in [0, 0.05) is 0 Å². The van der Waals surface area contributed by atoms with E-state index in [9.17, 15) is 81.1 Å². The Morgan fingerprint density at radius 3 is 1.53 bits per heavy atom. The van der Waals surface area contributed by atoms with Crippen molar-refractivity contribution in [3.8, 4) is 0 Å². The number of ether oxygens (including phenoxy) is 8. The van der Waals surface area contributed by atoms with Crippen LogP contribution in [0.2, 0.25) is 0 Å². The molecule has 0 bridgehead atoms. The monoisotopic (exact) mass is 1230 g/mol. The van der Waals surface area contributed by atoms with Gasteiger partial charge in [-0.25, -0.2) is 4.79 Å². The molecule has 5 aliphatic rings. The Labute approximate surface area is 500 Å². The number of aliphatic carboxylic acids is 1. The summed E-state index contributed by atoms with van der Waals surface area (Å²) in [5.74, 6) is -0.665. The van der Waals surface area contributed by atoms with Crippen molar-refractivity contribution in [2.24, 2.45) is 17.6 Å². The van der Waals surface area contributed by atoms with Crippen molar-refractivity contribution >= 4 is 11.9 Å². The molecule has 0 spiro atoms. The van der Waals surface area contributed by atoms with Crippen molar-refractivity contribution in [3.05, 3.63) is 0 Å². The highest BCUT2D eigenvalue weighted by Gasteiger charge is 2.55. The standard InChI is InChI=1S/C59H108N2O24/c1-3-5-7-9-10-11-12-15-19-23-27-37(65)54(75)61-35(36(64)26-22-18-16-13-14-17-21-25-34-28-33(34)24-20-8-6-4-2)31-78-57-50(74)48(72)51(53(85-57)55(76)77)83-56-41(60)45(69)44(68)40(82-56)32-79-59-52(47(71)43(67)39(30-63)81-59)84-58-49(73)46(70)42(66)38(29-62)80-58/h33-53,56-59,62-74H,3-32,60H2,1-2H3,(H,61,75)(H,76,77)/t33?,34?,35?,36?,37-,38+,39+,40+,41+,42+,43-,44+,45+,46-,47-,48+,49-,50+,51-,52+,53-,56+,57-,58+,59-/m0/s1. The number of rotatable bonds is 42. The number of carbonyl (C=O) groups excluding carboxylic acids is 1. The van der Waals surface area contributed by atoms with Crippen LogP contribution in [0.1, 0.15) is 181 Å². The van der Waals surface area contributed by atoms with Crippen LogP contribution in [0.15, 0.2) is 0 Å². The van der Waals surface area contributed by atoms with Gasteiger partial charge in [0.05, 0.1) is 44.6 Å². The van der Waals surface area contributed by atoms with Gasteiger partial charge >= 0.3 is 5.97 Å². The third-order valence-electron chi connectivity index (χ3n) is 17.7. The first-order valence-corrected chi connectivity index (χ1v) is 31.9. The minimum Gasteiger partial charge on any atom is -0.479 e. The minimum absolute atomic E-state index is 0.182. The number of amides is 1. The number of aliphatic hydroxyl groups is 13. The first kappa shape index (κ1) is 73.8. The summed E-state index contributed by atoms with van der Waals surface area (Å²) < 4.78 is 45.6. The molecule has 4 saturated heterocycles. The summed E-state index contributed by atoms with van der Waals surface area (Å²) in [5.41, 5.74) is 6.20. The van der Waals surface area contributed by atoms with E-state index in [0.29, 0.717) is 12.8 Å². The number of carbonyl (C=O) groups is 2. The molecule has 26 nitrogen and oxygen atoms in total. The highest BCUT2D eigenvalue weighted by Crippen LogP contribution is 2.46. The van der Waals surface area contributed by atoms with Crippen LogP contribution < -0.4 is 11.1 Å². The van der Waals surface area contributed by atoms with Crippen molar-refractivity contribution in [1.29, 1.82) is 0 Å². The van der Waals surface area contributed by atoms with E-state index in [2.05, 4.69) is 19.2 Å². The Morgan fingerprint density at radius 2 is 0.965 bits per heavy atom. The summed E-state index contributed by atoms with van der Waals surface area (Å²) in [7, 11) is 0. The molecule has 0 aromatic carbocycles. The van der Waals surface area contributed by atoms with Crippen molar-refractivity contribution in [2.75, 3.05) is 26.4 Å². The van der Waals surface area contributed by atoms with Crippen LogP contribution in [0.25, 0.3) is 0 Å². The topological polar surface area (TPSA) is 429 Å². The number of nitrogens with two attached hydrogens (primary N) is 1. The van der Waals surface area contributed by atoms with E-state index in [0.717, 1.165) is 63.2 Å². The molecule has 0 aromatic rings. The van der Waals surface area contributed by atoms with Gasteiger partial charge in [0.25, 0.3) is 0 Å². The van der Waals surface area contributed by atoms with Crippen LogP contribution in [0.3, 0.4) is 0 Å². The second-order valence-corrected chi connectivity index (χ2v) is 24.4. The van der Waals surface area contributed by atoms with Gasteiger partial charge in [-0.1, -0.05) is 162 Å². The Kier molecular flexibility index (Phi) is 33.6. The van der Waals surface area contributed by atoms with E-state index in [1.54, 1.807) is 0 Å². The van der Waals surface area contributed by atoms with Gasteiger partial charge in [-0.15, -0.1) is 0 Å². The average Bonchev–Trinajstić information content (AvgIpc) is 4.31. The molecule has 1 saturated carbocycles. The molecule has 4 aliphatic heterocycles. The number of unbranched alkanes of at least 4 members (excludes halogenated alkanes) is 18. The Bertz CT molecular complexity index is 1830. The summed E-state index contributed by atoms with van der Waals surface area (Å²) in [5, 5.41) is 153. The number of carboxylic acids is 1. The average molecular weight is 1230 g/mol. The maximum Gasteiger partial charge on any atom is 0.335 e. The van der Waals surface area contributed by atoms with E-state index >= 15 is 0 Å². The lowest BCUT2D eigenvalue weighted by molar-refractivity contribution is -0.373. The van der Waals surface area contributed by atoms with Crippen LogP contribution >= 0.6 is 0 Å². The van der Waals surface area contributed by atoms with E-state index in [1.165, 1.54) is 89.9 Å². The summed E-state index contributed by atoms with van der Waals surface area (Å²) in [6, 6.07) is -2.83. The zero-order valence-corrected chi connectivity index (χ0v) is 50.1. The SMILES string of the molecule is CCCCCCCCCCCC[C@H](O)C(=O)NC(CO[C@H]1O[C@H](C(=O)O)[C@@H](O[C@H]2O[C@H](CO[C@H]3O[C@H](CO)[C@H](O)[C@H](O)[C@H]3O[C@H]3O[C@H](CO)[C@@H](O)[C@H](O)[C@@H]3O)[C@@H](O)[C@H](O)[C@H]2N)[C@H](O)[C@H]1O)C(O)CCCCCCCCCC1CC1CCCCCC. The van der Waals surface area contributed by atoms with Crippen LogP contribution in [0.4, 0.5) is 0 Å². The molecule has 0 aromatic heterocycles. The third-order valence-corrected chi connectivity index (χ3v) is 17.7. The number of hydrogen-bond donors (Lipinski definition) is 16. The number of nitrogens with one attached hydrogen (secondary N) is 1. The summed E-state index contributed by atoms with van der Waals surface area (Å²) in [4.78, 5) is 26.3. The Morgan fingerprint density at radius 1 is 0.506 bits per heavy atom. The Balaban J connectivity index is 1.16. The Hall–Kier alpha value is -1.94. The van der Waals surface area contributed by atoms with Gasteiger partial charge in [0.2, 0.25) is 5.91 Å². The molecule has 5 fully saturated rings. The molecule has 4 heterocycles. The quantitative estimate of drug-likeness (QED) is 0.0357. The zero-order chi connectivity index (χ0) is 62.2. The van der Waals surface area contributed by atoms with Crippen molar-refractivity contribution in [3.63, 3.8) is 0 Å². The van der Waals surface area contributed by atoms with Crippen LogP contribution in [0.5, 0.6) is 0 Å². The molecule has 17 N–H and O–H groups in total. The van der Waals surface area contributed by atoms with Gasteiger partial charge < -0.3 is 120 Å². The molecule has 4 unspecified atom stereocenters. The van der Waals surface area contributed by atoms with Crippen LogP contribution in [-0.4, -0.2) is 251 Å². The molecular formula is C59H108N2O24. The largest absolute Gasteiger partial charge is 0.479 e. The molecular weight excluding hydrogens is 1120 g/mol. The fourth-order valence-electron chi connectivity index (χ4n) is 11.9. The van der Waals surface area contributed by atoms with E-state index < -0.39 is 179 Å². The lowest BCUT2D eigenvalue weighted by Gasteiger charge is -2.47. The second-order valence-electron chi connectivity index (χ2n) is 24.4. The lowest BCUT2D eigenvalue weighted by atomic mass is 9.95. The van der Waals surface area contributed by atoms with Gasteiger partial charge in [0.1, 0.15) is 91.6 Å². The van der Waals surface area contributed by atoms with E-state index in [4.69, 9.17) is 43.6 Å². The predicted octanol–water partition coefficient (Wildman–Crippen LogP) is -0.0308. The van der Waals surface area contributed by atoms with Gasteiger partial charge in [-0.3, -0.25) is 4.79 Å². The summed E-state index contributed by atoms with van der Waals surface area (Å²) in [6.45, 7) is 1.35. The molecule has 0 radical (unpaired) electrons. The fourth-order valence-corrected chi connectivity index (χ4v) is 11.9. The normalized spacial score (nSPS) is 37.1. The third kappa shape index (κ3) is 22.7. The van der Waals surface area contributed by atoms with Gasteiger partial charge in [-0.05, 0) is 31.1 Å². The van der Waals surface area contributed by atoms with Crippen molar-refractivity contribution in [1.82, 2.24) is 5.32 Å². The first-order chi connectivity index (χ1) is 40.8. The van der Waals surface area contributed by atoms with Crippen molar-refractivity contribution < 1.29 is 119 Å². The highest BCUT2D eigenvalue weighted by molar-refractivity contribution is 5.80. The highest BCUT2D eigenvalue weighted by atomic mass is 16.8. The maximum atomic E-state index is 13.4. The molecule has 498 valence electrons. The molecule has 25 atom stereocenters. The fraction of sp³-hybridized carbons (Fsp3) is 0.966. The minimum atomic E-state index is -2.14. The molecule has 5 rings (SSSR count). The van der Waals surface area contributed by atoms with Crippen LogP contribution in [-0.2, 0) is 47.5 Å². The first-order valence-electron chi connectivity index (χ1n) is 31.9. The molecule has 1 amide bonds. The van der Waals surface area contributed by atoms with E-state index in [1.807, 2.05) is 0 Å². The number of carboxylic acid groups (broad SMARTS) is 1. The second kappa shape index (κ2) is 38.7. The van der Waals surface area contributed by atoms with Gasteiger partial charge in [0.15, 0.2) is 31.3 Å². The number of hydrogen-bond acceptors (Lipinski definition) is 24. The van der Waals surface area contributed by atoms with E-state index in [-0.39, 0.29) is 12.8 Å². The maximum absolute atomic E-state index is 13.4. The molecule has 26 heteroatoms. The summed E-state index contributed by atoms with van der Waals surface area (Å²) >= 11 is 0. The lowest BCUT2D eigenvalue weighted by Crippen LogP contribution is -2.67. The van der Waals surface area contributed by atoms with Crippen molar-refractivity contribution in [2.45, 2.75) is 322 Å². The zero-order valence-electron chi connectivity index (χ0n) is 50.1. The number of aliphatic hydroxyl groups excluding tert-OH is 13. The summed E-state index contributed by atoms with van der Waals surface area (Å²) in [6.07, 6.45) is -10.8. The molecule has 1 aliphatic carbocycles. The van der Waals surface area contributed by atoms with Crippen LogP contribution in [0, 0.1) is 11.8 Å². The van der Waals surface area contributed by atoms with Gasteiger partial charge in [-0.2, -0.15) is 0 Å². The predicted molar refractivity (Wildman–Crippen MR) is 302 cm³/mol. The smallest absolute Gasteiger partial charge is 0.335 e. The molecule has 85 heavy (non-hydrogen) atoms.